The second kappa shape index (κ2) is 6.37. The Hall–Kier alpha value is -2.10. The van der Waals surface area contributed by atoms with Gasteiger partial charge in [-0.2, -0.15) is 0 Å². The number of ketones is 2. The molecule has 0 bridgehead atoms. The molecular weight excluding hydrogens is 256 g/mol. The number of ether oxygens (including phenoxy) is 2. The van der Waals surface area contributed by atoms with Gasteiger partial charge in [-0.3, -0.25) is 9.59 Å². The van der Waals surface area contributed by atoms with Crippen molar-refractivity contribution in [2.24, 2.45) is 0 Å². The molecule has 0 atom stereocenters. The largest absolute Gasteiger partial charge is 0.493 e. The molecule has 0 saturated carbocycles. The Balaban J connectivity index is 2.48. The van der Waals surface area contributed by atoms with Gasteiger partial charge in [0, 0.05) is 0 Å². The Morgan fingerprint density at radius 1 is 0.800 bits per heavy atom. The van der Waals surface area contributed by atoms with E-state index in [4.69, 9.17) is 9.47 Å². The number of benzene rings is 1. The minimum absolute atomic E-state index is 0.215. The standard InChI is InChI=1S/C16H18O4/c1-3-9-19-13-7-8-14(20-10-4-2)16-12(18)6-5-11(17)15(13)16/h5-8H,3-4,9-10H2,1-2H3. The van der Waals surface area contributed by atoms with Gasteiger partial charge in [-0.25, -0.2) is 0 Å². The van der Waals surface area contributed by atoms with E-state index in [1.807, 2.05) is 13.8 Å². The van der Waals surface area contributed by atoms with E-state index >= 15 is 0 Å². The summed E-state index contributed by atoms with van der Waals surface area (Å²) in [6, 6.07) is 3.40. The average Bonchev–Trinajstić information content (AvgIpc) is 2.46. The Bertz CT molecular complexity index is 509. The van der Waals surface area contributed by atoms with Gasteiger partial charge in [-0.1, -0.05) is 13.8 Å². The van der Waals surface area contributed by atoms with E-state index in [1.54, 1.807) is 12.1 Å². The lowest BCUT2D eigenvalue weighted by molar-refractivity contribution is 0.0987. The maximum atomic E-state index is 12.1. The molecule has 0 N–H and O–H groups in total. The van der Waals surface area contributed by atoms with E-state index in [0.717, 1.165) is 12.8 Å². The fourth-order valence-corrected chi connectivity index (χ4v) is 2.04. The summed E-state index contributed by atoms with van der Waals surface area (Å²) >= 11 is 0. The van der Waals surface area contributed by atoms with Gasteiger partial charge in [0.05, 0.1) is 24.3 Å². The maximum Gasteiger partial charge on any atom is 0.190 e. The number of rotatable bonds is 6. The molecule has 4 nitrogen and oxygen atoms in total. The highest BCUT2D eigenvalue weighted by Gasteiger charge is 2.27. The summed E-state index contributed by atoms with van der Waals surface area (Å²) in [6.45, 7) is 4.98. The zero-order valence-corrected chi connectivity index (χ0v) is 11.8. The fraction of sp³-hybridized carbons (Fsp3) is 0.375. The van der Waals surface area contributed by atoms with E-state index in [2.05, 4.69) is 0 Å². The third-order valence-corrected chi connectivity index (χ3v) is 2.93. The van der Waals surface area contributed by atoms with Gasteiger partial charge in [0.2, 0.25) is 0 Å². The first-order valence-electron chi connectivity index (χ1n) is 6.88. The summed E-state index contributed by atoms with van der Waals surface area (Å²) in [5.74, 6) is 0.474. The molecular formula is C16H18O4. The van der Waals surface area contributed by atoms with Gasteiger partial charge < -0.3 is 9.47 Å². The van der Waals surface area contributed by atoms with Gasteiger partial charge in [0.15, 0.2) is 11.6 Å². The van der Waals surface area contributed by atoms with Gasteiger partial charge in [0.25, 0.3) is 0 Å². The molecule has 106 valence electrons. The summed E-state index contributed by atoms with van der Waals surface area (Å²) in [5, 5.41) is 0. The number of fused-ring (bicyclic) bond motifs is 1. The molecule has 1 aromatic carbocycles. The Kier molecular flexibility index (Phi) is 4.56. The molecule has 0 amide bonds. The van der Waals surface area contributed by atoms with E-state index in [9.17, 15) is 9.59 Å². The fourth-order valence-electron chi connectivity index (χ4n) is 2.04. The van der Waals surface area contributed by atoms with Crippen LogP contribution in [0, 0.1) is 0 Å². The van der Waals surface area contributed by atoms with Crippen LogP contribution in [0.3, 0.4) is 0 Å². The van der Waals surface area contributed by atoms with Crippen LogP contribution in [0.15, 0.2) is 24.3 Å². The number of allylic oxidation sites excluding steroid dienone is 2. The third kappa shape index (κ3) is 2.74. The molecule has 0 saturated heterocycles. The first-order chi connectivity index (χ1) is 9.69. The number of hydrogen-bond acceptors (Lipinski definition) is 4. The SMILES string of the molecule is CCCOc1ccc(OCCC)c2c1C(=O)C=CC2=O. The summed E-state index contributed by atoms with van der Waals surface area (Å²) in [5.41, 5.74) is 0.638. The average molecular weight is 274 g/mol. The van der Waals surface area contributed by atoms with Crippen molar-refractivity contribution < 1.29 is 19.1 Å². The molecule has 0 aromatic heterocycles. The third-order valence-electron chi connectivity index (χ3n) is 2.93. The second-order valence-electron chi connectivity index (χ2n) is 4.57. The van der Waals surface area contributed by atoms with Crippen molar-refractivity contribution in [2.45, 2.75) is 26.7 Å². The van der Waals surface area contributed by atoms with Crippen LogP contribution in [-0.4, -0.2) is 24.8 Å². The summed E-state index contributed by atoms with van der Waals surface area (Å²) in [6.07, 6.45) is 4.24. The van der Waals surface area contributed by atoms with Crippen molar-refractivity contribution in [3.63, 3.8) is 0 Å². The molecule has 1 aliphatic carbocycles. The van der Waals surface area contributed by atoms with Crippen LogP contribution in [0.4, 0.5) is 0 Å². The van der Waals surface area contributed by atoms with Crippen LogP contribution in [0.2, 0.25) is 0 Å². The highest BCUT2D eigenvalue weighted by Crippen LogP contribution is 2.34. The quantitative estimate of drug-likeness (QED) is 0.799. The highest BCUT2D eigenvalue weighted by atomic mass is 16.5. The van der Waals surface area contributed by atoms with Crippen molar-refractivity contribution >= 4 is 11.6 Å². The molecule has 0 fully saturated rings. The van der Waals surface area contributed by atoms with Crippen molar-refractivity contribution in [1.29, 1.82) is 0 Å². The van der Waals surface area contributed by atoms with Gasteiger partial charge in [-0.15, -0.1) is 0 Å². The van der Waals surface area contributed by atoms with Crippen molar-refractivity contribution in [1.82, 2.24) is 0 Å². The topological polar surface area (TPSA) is 52.6 Å². The number of carbonyl (C=O) groups excluding carboxylic acids is 2. The zero-order chi connectivity index (χ0) is 14.5. The van der Waals surface area contributed by atoms with Crippen LogP contribution in [-0.2, 0) is 0 Å². The van der Waals surface area contributed by atoms with Crippen LogP contribution < -0.4 is 9.47 Å². The molecule has 1 aromatic rings. The van der Waals surface area contributed by atoms with Crippen LogP contribution >= 0.6 is 0 Å². The maximum absolute atomic E-state index is 12.1. The second-order valence-corrected chi connectivity index (χ2v) is 4.57. The molecule has 0 radical (unpaired) electrons. The lowest BCUT2D eigenvalue weighted by Gasteiger charge is -2.18. The smallest absolute Gasteiger partial charge is 0.190 e. The summed E-state index contributed by atoms with van der Waals surface area (Å²) in [7, 11) is 0. The van der Waals surface area contributed by atoms with E-state index in [-0.39, 0.29) is 11.6 Å². The molecule has 0 unspecified atom stereocenters. The molecule has 4 heteroatoms. The van der Waals surface area contributed by atoms with E-state index in [1.165, 1.54) is 12.2 Å². The van der Waals surface area contributed by atoms with Crippen LogP contribution in [0.5, 0.6) is 11.5 Å². The molecule has 0 heterocycles. The minimum atomic E-state index is -0.215. The van der Waals surface area contributed by atoms with E-state index < -0.39 is 0 Å². The predicted octanol–water partition coefficient (Wildman–Crippen LogP) is 3.20. The monoisotopic (exact) mass is 274 g/mol. The van der Waals surface area contributed by atoms with Crippen LogP contribution in [0.1, 0.15) is 47.4 Å². The van der Waals surface area contributed by atoms with E-state index in [0.29, 0.717) is 35.8 Å². The Morgan fingerprint density at radius 2 is 1.20 bits per heavy atom. The first-order valence-corrected chi connectivity index (χ1v) is 6.88. The van der Waals surface area contributed by atoms with Crippen LogP contribution in [0.25, 0.3) is 0 Å². The minimum Gasteiger partial charge on any atom is -0.493 e. The van der Waals surface area contributed by atoms with Crippen molar-refractivity contribution in [3.8, 4) is 11.5 Å². The van der Waals surface area contributed by atoms with Crippen molar-refractivity contribution in [2.75, 3.05) is 13.2 Å². The summed E-state index contributed by atoms with van der Waals surface area (Å²) in [4.78, 5) is 24.1. The predicted molar refractivity (Wildman–Crippen MR) is 75.8 cm³/mol. The lowest BCUT2D eigenvalue weighted by atomic mass is 9.93. The van der Waals surface area contributed by atoms with Gasteiger partial charge in [-0.05, 0) is 37.1 Å². The summed E-state index contributed by atoms with van der Waals surface area (Å²) < 4.78 is 11.1. The number of carbonyl (C=O) groups is 2. The van der Waals surface area contributed by atoms with Gasteiger partial charge in [0.1, 0.15) is 11.5 Å². The lowest BCUT2D eigenvalue weighted by Crippen LogP contribution is -2.16. The number of hydrogen-bond donors (Lipinski definition) is 0. The Labute approximate surface area is 118 Å². The zero-order valence-electron chi connectivity index (χ0n) is 11.8. The van der Waals surface area contributed by atoms with Crippen molar-refractivity contribution in [3.05, 3.63) is 35.4 Å². The molecule has 1 aliphatic rings. The highest BCUT2D eigenvalue weighted by molar-refractivity contribution is 6.24. The molecule has 0 spiro atoms. The Morgan fingerprint density at radius 3 is 1.55 bits per heavy atom. The first kappa shape index (κ1) is 14.3. The van der Waals surface area contributed by atoms with Gasteiger partial charge >= 0.3 is 0 Å². The molecule has 2 rings (SSSR count). The molecule has 0 aliphatic heterocycles. The normalized spacial score (nSPS) is 13.3. The molecule has 20 heavy (non-hydrogen) atoms.